The standard InChI is InChI=1S/C17H15ClN2O5S/c1-11-4-2-3-5-15(11)26-10-17(22)25-9-16(21)19-14-7-6-12(20(23)24)8-13(14)18/h2-8H,9-10H2,1H3,(H,19,21). The van der Waals surface area contributed by atoms with Crippen LogP contribution in [0.3, 0.4) is 0 Å². The Labute approximate surface area is 158 Å². The van der Waals surface area contributed by atoms with Gasteiger partial charge in [0.25, 0.3) is 11.6 Å². The molecule has 0 aromatic heterocycles. The Kier molecular flexibility index (Phi) is 6.99. The van der Waals surface area contributed by atoms with Gasteiger partial charge < -0.3 is 10.1 Å². The molecular weight excluding hydrogens is 380 g/mol. The molecule has 0 aliphatic rings. The van der Waals surface area contributed by atoms with Crippen LogP contribution in [0.25, 0.3) is 0 Å². The topological polar surface area (TPSA) is 98.5 Å². The molecule has 0 aliphatic carbocycles. The van der Waals surface area contributed by atoms with Gasteiger partial charge in [0, 0.05) is 17.0 Å². The highest BCUT2D eigenvalue weighted by atomic mass is 35.5. The number of amides is 1. The molecule has 136 valence electrons. The molecule has 0 atom stereocenters. The zero-order chi connectivity index (χ0) is 19.1. The first-order chi connectivity index (χ1) is 12.4. The molecule has 1 amide bonds. The molecule has 2 aromatic carbocycles. The van der Waals surface area contributed by atoms with E-state index in [9.17, 15) is 19.7 Å². The highest BCUT2D eigenvalue weighted by molar-refractivity contribution is 8.00. The van der Waals surface area contributed by atoms with Crippen LogP contribution in [0.1, 0.15) is 5.56 Å². The van der Waals surface area contributed by atoms with Gasteiger partial charge in [-0.1, -0.05) is 29.8 Å². The fourth-order valence-electron chi connectivity index (χ4n) is 1.95. The van der Waals surface area contributed by atoms with Crippen molar-refractivity contribution in [2.75, 3.05) is 17.7 Å². The van der Waals surface area contributed by atoms with Crippen molar-refractivity contribution in [1.29, 1.82) is 0 Å². The molecule has 0 aliphatic heterocycles. The number of hydrogen-bond acceptors (Lipinski definition) is 6. The van der Waals surface area contributed by atoms with Crippen molar-refractivity contribution in [1.82, 2.24) is 0 Å². The van der Waals surface area contributed by atoms with Crippen molar-refractivity contribution in [3.8, 4) is 0 Å². The minimum absolute atomic E-state index is 0.0222. The van der Waals surface area contributed by atoms with Gasteiger partial charge in [0.2, 0.25) is 0 Å². The summed E-state index contributed by atoms with van der Waals surface area (Å²) in [5.41, 5.74) is 1.07. The van der Waals surface area contributed by atoms with Crippen LogP contribution >= 0.6 is 23.4 Å². The summed E-state index contributed by atoms with van der Waals surface area (Å²) in [5.74, 6) is -1.03. The van der Waals surface area contributed by atoms with Crippen LogP contribution in [0, 0.1) is 17.0 Å². The molecule has 0 fully saturated rings. The number of anilines is 1. The number of carbonyl (C=O) groups is 2. The van der Waals surface area contributed by atoms with Gasteiger partial charge in [-0.3, -0.25) is 19.7 Å². The number of nitrogens with one attached hydrogen (secondary N) is 1. The third kappa shape index (κ3) is 5.75. The van der Waals surface area contributed by atoms with Crippen molar-refractivity contribution in [3.63, 3.8) is 0 Å². The molecule has 0 radical (unpaired) electrons. The van der Waals surface area contributed by atoms with Crippen LogP contribution in [0.15, 0.2) is 47.4 Å². The van der Waals surface area contributed by atoms with Gasteiger partial charge in [-0.05, 0) is 24.6 Å². The Morgan fingerprint density at radius 3 is 2.65 bits per heavy atom. The lowest BCUT2D eigenvalue weighted by Crippen LogP contribution is -2.21. The molecule has 0 unspecified atom stereocenters. The predicted octanol–water partition coefficient (Wildman–Crippen LogP) is 3.83. The second-order valence-corrected chi connectivity index (χ2v) is 6.61. The van der Waals surface area contributed by atoms with Crippen molar-refractivity contribution >= 4 is 46.6 Å². The van der Waals surface area contributed by atoms with E-state index in [1.165, 1.54) is 23.9 Å². The molecule has 2 aromatic rings. The van der Waals surface area contributed by atoms with Gasteiger partial charge in [0.05, 0.1) is 21.4 Å². The Hall–Kier alpha value is -2.58. The number of non-ortho nitro benzene ring substituents is 1. The van der Waals surface area contributed by atoms with Crippen LogP contribution in [0.4, 0.5) is 11.4 Å². The number of hydrogen-bond donors (Lipinski definition) is 1. The number of nitro groups is 1. The highest BCUT2D eigenvalue weighted by Crippen LogP contribution is 2.26. The van der Waals surface area contributed by atoms with Gasteiger partial charge in [0.1, 0.15) is 0 Å². The minimum Gasteiger partial charge on any atom is -0.455 e. The number of rotatable bonds is 7. The molecule has 0 saturated carbocycles. The maximum atomic E-state index is 11.8. The number of esters is 1. The molecule has 0 heterocycles. The zero-order valence-corrected chi connectivity index (χ0v) is 15.3. The fourth-order valence-corrected chi connectivity index (χ4v) is 3.00. The van der Waals surface area contributed by atoms with Crippen molar-refractivity contribution in [2.24, 2.45) is 0 Å². The van der Waals surface area contributed by atoms with E-state index in [-0.39, 0.29) is 22.2 Å². The monoisotopic (exact) mass is 394 g/mol. The molecule has 1 N–H and O–H groups in total. The number of aryl methyl sites for hydroxylation is 1. The Morgan fingerprint density at radius 2 is 2.00 bits per heavy atom. The number of carbonyl (C=O) groups excluding carboxylic acids is 2. The quantitative estimate of drug-likeness (QED) is 0.331. The third-order valence-electron chi connectivity index (χ3n) is 3.24. The van der Waals surface area contributed by atoms with E-state index >= 15 is 0 Å². The number of nitro benzene ring substituents is 1. The van der Waals surface area contributed by atoms with E-state index in [1.807, 2.05) is 31.2 Å². The smallest absolute Gasteiger partial charge is 0.316 e. The number of benzene rings is 2. The van der Waals surface area contributed by atoms with Crippen LogP contribution < -0.4 is 5.32 Å². The number of thioether (sulfide) groups is 1. The van der Waals surface area contributed by atoms with E-state index < -0.39 is 23.4 Å². The maximum absolute atomic E-state index is 11.8. The Bertz CT molecular complexity index is 844. The van der Waals surface area contributed by atoms with E-state index in [2.05, 4.69) is 5.32 Å². The van der Waals surface area contributed by atoms with E-state index in [4.69, 9.17) is 16.3 Å². The predicted molar refractivity (Wildman–Crippen MR) is 99.6 cm³/mol. The largest absolute Gasteiger partial charge is 0.455 e. The van der Waals surface area contributed by atoms with Gasteiger partial charge in [-0.2, -0.15) is 0 Å². The zero-order valence-electron chi connectivity index (χ0n) is 13.7. The molecule has 0 spiro atoms. The first-order valence-corrected chi connectivity index (χ1v) is 8.81. The van der Waals surface area contributed by atoms with Crippen molar-refractivity contribution < 1.29 is 19.2 Å². The summed E-state index contributed by atoms with van der Waals surface area (Å²) >= 11 is 7.21. The molecule has 0 bridgehead atoms. The number of ether oxygens (including phenoxy) is 1. The van der Waals surface area contributed by atoms with Gasteiger partial charge in [0.15, 0.2) is 6.61 Å². The number of halogens is 1. The molecule has 9 heteroatoms. The Morgan fingerprint density at radius 1 is 1.27 bits per heavy atom. The summed E-state index contributed by atoms with van der Waals surface area (Å²) in [5, 5.41) is 13.1. The van der Waals surface area contributed by atoms with Crippen molar-refractivity contribution in [2.45, 2.75) is 11.8 Å². The second-order valence-electron chi connectivity index (χ2n) is 5.18. The van der Waals surface area contributed by atoms with Gasteiger partial charge in [-0.15, -0.1) is 11.8 Å². The van der Waals surface area contributed by atoms with E-state index in [0.29, 0.717) is 0 Å². The van der Waals surface area contributed by atoms with Gasteiger partial charge >= 0.3 is 5.97 Å². The lowest BCUT2D eigenvalue weighted by molar-refractivity contribution is -0.384. The van der Waals surface area contributed by atoms with Crippen LogP contribution in [-0.4, -0.2) is 29.2 Å². The van der Waals surface area contributed by atoms with Gasteiger partial charge in [-0.25, -0.2) is 0 Å². The SMILES string of the molecule is Cc1ccccc1SCC(=O)OCC(=O)Nc1ccc([N+](=O)[O-])cc1Cl. The normalized spacial score (nSPS) is 10.2. The molecular formula is C17H15ClN2O5S. The molecule has 7 nitrogen and oxygen atoms in total. The summed E-state index contributed by atoms with van der Waals surface area (Å²) in [4.78, 5) is 34.6. The first-order valence-electron chi connectivity index (χ1n) is 7.44. The molecule has 2 rings (SSSR count). The summed E-state index contributed by atoms with van der Waals surface area (Å²) < 4.78 is 4.92. The second kappa shape index (κ2) is 9.21. The third-order valence-corrected chi connectivity index (χ3v) is 4.70. The maximum Gasteiger partial charge on any atom is 0.316 e. The number of nitrogens with zero attached hydrogens (tertiary/aromatic N) is 1. The summed E-state index contributed by atoms with van der Waals surface area (Å²) in [6.07, 6.45) is 0. The summed E-state index contributed by atoms with van der Waals surface area (Å²) in [6, 6.07) is 11.3. The van der Waals surface area contributed by atoms with E-state index in [1.54, 1.807) is 0 Å². The van der Waals surface area contributed by atoms with Crippen LogP contribution in [-0.2, 0) is 14.3 Å². The average molecular weight is 395 g/mol. The first kappa shape index (κ1) is 19.7. The lowest BCUT2D eigenvalue weighted by atomic mass is 10.2. The van der Waals surface area contributed by atoms with Crippen LogP contribution in [0.5, 0.6) is 0 Å². The molecule has 0 saturated heterocycles. The summed E-state index contributed by atoms with van der Waals surface area (Å²) in [6.45, 7) is 1.47. The van der Waals surface area contributed by atoms with Crippen LogP contribution in [0.2, 0.25) is 5.02 Å². The lowest BCUT2D eigenvalue weighted by Gasteiger charge is -2.08. The minimum atomic E-state index is -0.592. The van der Waals surface area contributed by atoms with Crippen molar-refractivity contribution in [3.05, 3.63) is 63.2 Å². The Balaban J connectivity index is 1.80. The average Bonchev–Trinajstić information content (AvgIpc) is 2.60. The van der Waals surface area contributed by atoms with E-state index in [0.717, 1.165) is 16.5 Å². The fraction of sp³-hybridized carbons (Fsp3) is 0.176. The summed E-state index contributed by atoms with van der Waals surface area (Å²) in [7, 11) is 0. The molecule has 26 heavy (non-hydrogen) atoms. The highest BCUT2D eigenvalue weighted by Gasteiger charge is 2.13.